The molecule has 0 bridgehead atoms. The molecule has 7 nitrogen and oxygen atoms in total. The number of amides is 3. The van der Waals surface area contributed by atoms with E-state index in [1.165, 1.54) is 0 Å². The minimum atomic E-state index is -0.472. The molecule has 28 heavy (non-hydrogen) atoms. The lowest BCUT2D eigenvalue weighted by atomic mass is 10.2. The Labute approximate surface area is 165 Å². The van der Waals surface area contributed by atoms with Crippen molar-refractivity contribution >= 4 is 23.5 Å². The number of benzene rings is 2. The van der Waals surface area contributed by atoms with Crippen LogP contribution in [-0.2, 0) is 11.3 Å². The number of hydrogen-bond acceptors (Lipinski definition) is 4. The fourth-order valence-corrected chi connectivity index (χ4v) is 2.64. The molecule has 0 radical (unpaired) electrons. The summed E-state index contributed by atoms with van der Waals surface area (Å²) in [7, 11) is 0. The zero-order chi connectivity index (χ0) is 20.4. The van der Waals surface area contributed by atoms with E-state index < -0.39 is 6.09 Å². The van der Waals surface area contributed by atoms with Gasteiger partial charge in [0.1, 0.15) is 6.61 Å². The van der Waals surface area contributed by atoms with Crippen LogP contribution in [0.4, 0.5) is 21.0 Å². The highest BCUT2D eigenvalue weighted by atomic mass is 16.5. The molecule has 0 fully saturated rings. The molecule has 7 heteroatoms. The second-order valence-electron chi connectivity index (χ2n) is 6.70. The van der Waals surface area contributed by atoms with Crippen LogP contribution in [0, 0.1) is 6.92 Å². The number of aryl methyl sites for hydroxylation is 1. The predicted octanol–water partition coefficient (Wildman–Crippen LogP) is 3.79. The molecule has 0 aliphatic carbocycles. The topological polar surface area (TPSA) is 105 Å². The SMILES string of the molecule is Cc1ccccc1NC(=O)NCCC[C@H](C)NC(=O)OCc1cccc(N)c1. The first-order chi connectivity index (χ1) is 13.4. The Bertz CT molecular complexity index is 795. The van der Waals surface area contributed by atoms with Gasteiger partial charge in [0.2, 0.25) is 0 Å². The van der Waals surface area contributed by atoms with Crippen molar-refractivity contribution in [1.82, 2.24) is 10.6 Å². The van der Waals surface area contributed by atoms with Crippen LogP contribution >= 0.6 is 0 Å². The zero-order valence-electron chi connectivity index (χ0n) is 16.3. The van der Waals surface area contributed by atoms with Gasteiger partial charge in [0.25, 0.3) is 0 Å². The van der Waals surface area contributed by atoms with E-state index in [-0.39, 0.29) is 18.7 Å². The van der Waals surface area contributed by atoms with Crippen LogP contribution in [0.15, 0.2) is 48.5 Å². The molecule has 0 heterocycles. The highest BCUT2D eigenvalue weighted by Crippen LogP contribution is 2.12. The molecule has 2 rings (SSSR count). The summed E-state index contributed by atoms with van der Waals surface area (Å²) in [4.78, 5) is 23.8. The van der Waals surface area contributed by atoms with E-state index >= 15 is 0 Å². The molecule has 0 aliphatic rings. The van der Waals surface area contributed by atoms with Crippen molar-refractivity contribution in [3.63, 3.8) is 0 Å². The lowest BCUT2D eigenvalue weighted by Gasteiger charge is -2.14. The highest BCUT2D eigenvalue weighted by molar-refractivity contribution is 5.89. The standard InChI is InChI=1S/C21H28N4O3/c1-15-7-3-4-11-19(15)25-20(26)23-12-6-8-16(2)24-21(27)28-14-17-9-5-10-18(22)13-17/h3-5,7,9-11,13,16H,6,8,12,14,22H2,1-2H3,(H,24,27)(H2,23,25,26)/t16-/m0/s1. The maximum absolute atomic E-state index is 11.9. The number of nitrogen functional groups attached to an aromatic ring is 1. The monoisotopic (exact) mass is 384 g/mol. The smallest absolute Gasteiger partial charge is 0.407 e. The number of ether oxygens (including phenoxy) is 1. The van der Waals surface area contributed by atoms with E-state index in [1.807, 2.05) is 50.2 Å². The maximum Gasteiger partial charge on any atom is 0.407 e. The number of carbonyl (C=O) groups is 2. The van der Waals surface area contributed by atoms with Gasteiger partial charge in [-0.2, -0.15) is 0 Å². The van der Waals surface area contributed by atoms with Crippen molar-refractivity contribution < 1.29 is 14.3 Å². The van der Waals surface area contributed by atoms with E-state index in [4.69, 9.17) is 10.5 Å². The Morgan fingerprint density at radius 2 is 1.93 bits per heavy atom. The number of nitrogens with one attached hydrogen (secondary N) is 3. The third-order valence-electron chi connectivity index (χ3n) is 4.18. The molecule has 0 aliphatic heterocycles. The van der Waals surface area contributed by atoms with Gasteiger partial charge < -0.3 is 26.4 Å². The lowest BCUT2D eigenvalue weighted by molar-refractivity contribution is 0.136. The van der Waals surface area contributed by atoms with Gasteiger partial charge in [0.15, 0.2) is 0 Å². The summed E-state index contributed by atoms with van der Waals surface area (Å²) in [6, 6.07) is 14.5. The molecule has 0 saturated carbocycles. The third-order valence-corrected chi connectivity index (χ3v) is 4.18. The minimum absolute atomic E-state index is 0.0606. The molecular formula is C21H28N4O3. The number of para-hydroxylation sites is 1. The van der Waals surface area contributed by atoms with E-state index in [9.17, 15) is 9.59 Å². The van der Waals surface area contributed by atoms with Crippen molar-refractivity contribution in [2.45, 2.75) is 39.3 Å². The fraction of sp³-hybridized carbons (Fsp3) is 0.333. The van der Waals surface area contributed by atoms with Gasteiger partial charge in [-0.05, 0) is 56.0 Å². The first kappa shape index (κ1) is 21.1. The lowest BCUT2D eigenvalue weighted by Crippen LogP contribution is -2.34. The molecular weight excluding hydrogens is 356 g/mol. The molecule has 0 saturated heterocycles. The van der Waals surface area contributed by atoms with E-state index in [2.05, 4.69) is 16.0 Å². The second kappa shape index (κ2) is 10.8. The number of rotatable bonds is 8. The van der Waals surface area contributed by atoms with Crippen molar-refractivity contribution in [3.8, 4) is 0 Å². The van der Waals surface area contributed by atoms with Gasteiger partial charge in [-0.1, -0.05) is 30.3 Å². The summed E-state index contributed by atoms with van der Waals surface area (Å²) in [6.07, 6.45) is 0.982. The number of urea groups is 1. The molecule has 0 aromatic heterocycles. The van der Waals surface area contributed by atoms with Gasteiger partial charge in [-0.15, -0.1) is 0 Å². The Hall–Kier alpha value is -3.22. The molecule has 2 aromatic carbocycles. The van der Waals surface area contributed by atoms with Gasteiger partial charge in [0, 0.05) is 24.0 Å². The van der Waals surface area contributed by atoms with Crippen LogP contribution in [0.1, 0.15) is 30.9 Å². The minimum Gasteiger partial charge on any atom is -0.445 e. The van der Waals surface area contributed by atoms with Crippen LogP contribution in [0.25, 0.3) is 0 Å². The van der Waals surface area contributed by atoms with Crippen molar-refractivity contribution in [3.05, 3.63) is 59.7 Å². The number of nitrogens with two attached hydrogens (primary N) is 1. The van der Waals surface area contributed by atoms with Crippen LogP contribution in [0.2, 0.25) is 0 Å². The summed E-state index contributed by atoms with van der Waals surface area (Å²) in [6.45, 7) is 4.52. The molecule has 3 amide bonds. The second-order valence-corrected chi connectivity index (χ2v) is 6.70. The van der Waals surface area contributed by atoms with Gasteiger partial charge in [0.05, 0.1) is 0 Å². The van der Waals surface area contributed by atoms with Crippen LogP contribution < -0.4 is 21.7 Å². The van der Waals surface area contributed by atoms with Gasteiger partial charge in [-0.25, -0.2) is 9.59 Å². The summed E-state index contributed by atoms with van der Waals surface area (Å²) in [5, 5.41) is 8.41. The molecule has 2 aromatic rings. The first-order valence-electron chi connectivity index (χ1n) is 9.32. The number of alkyl carbamates (subject to hydrolysis) is 1. The molecule has 150 valence electrons. The third kappa shape index (κ3) is 7.57. The summed E-state index contributed by atoms with van der Waals surface area (Å²) >= 11 is 0. The van der Waals surface area contributed by atoms with Crippen LogP contribution in [-0.4, -0.2) is 24.7 Å². The maximum atomic E-state index is 11.9. The average Bonchev–Trinajstić information content (AvgIpc) is 2.65. The number of anilines is 2. The highest BCUT2D eigenvalue weighted by Gasteiger charge is 2.09. The summed E-state index contributed by atoms with van der Waals surface area (Å²) in [5.41, 5.74) is 8.96. The Kier molecular flexibility index (Phi) is 8.14. The Morgan fingerprint density at radius 3 is 2.68 bits per heavy atom. The molecule has 0 unspecified atom stereocenters. The Balaban J connectivity index is 1.59. The van der Waals surface area contributed by atoms with E-state index in [0.29, 0.717) is 12.2 Å². The van der Waals surface area contributed by atoms with Gasteiger partial charge >= 0.3 is 12.1 Å². The van der Waals surface area contributed by atoms with Gasteiger partial charge in [-0.3, -0.25) is 0 Å². The largest absolute Gasteiger partial charge is 0.445 e. The zero-order valence-corrected chi connectivity index (χ0v) is 16.3. The number of carbonyl (C=O) groups excluding carboxylic acids is 2. The van der Waals surface area contributed by atoms with Crippen LogP contribution in [0.5, 0.6) is 0 Å². The Morgan fingerprint density at radius 1 is 1.14 bits per heavy atom. The van der Waals surface area contributed by atoms with Crippen molar-refractivity contribution in [2.75, 3.05) is 17.6 Å². The quantitative estimate of drug-likeness (QED) is 0.410. The fourth-order valence-electron chi connectivity index (χ4n) is 2.64. The van der Waals surface area contributed by atoms with E-state index in [1.54, 1.807) is 12.1 Å². The normalized spacial score (nSPS) is 11.4. The molecule has 1 atom stereocenters. The summed E-state index contributed by atoms with van der Waals surface area (Å²) < 4.78 is 5.19. The van der Waals surface area contributed by atoms with Crippen molar-refractivity contribution in [1.29, 1.82) is 0 Å². The van der Waals surface area contributed by atoms with Crippen LogP contribution in [0.3, 0.4) is 0 Å². The molecule has 5 N–H and O–H groups in total. The molecule has 0 spiro atoms. The summed E-state index contributed by atoms with van der Waals surface area (Å²) in [5.74, 6) is 0. The number of hydrogen-bond donors (Lipinski definition) is 4. The van der Waals surface area contributed by atoms with Crippen molar-refractivity contribution in [2.24, 2.45) is 0 Å². The first-order valence-corrected chi connectivity index (χ1v) is 9.32. The van der Waals surface area contributed by atoms with E-state index in [0.717, 1.165) is 29.7 Å². The predicted molar refractivity (Wildman–Crippen MR) is 111 cm³/mol. The average molecular weight is 384 g/mol.